The maximum Gasteiger partial charge on any atom is 0.283 e. The summed E-state index contributed by atoms with van der Waals surface area (Å²) in [4.78, 5) is 16.9. The van der Waals surface area contributed by atoms with Crippen LogP contribution in [0.15, 0.2) is 52.1 Å². The molecule has 0 saturated carbocycles. The van der Waals surface area contributed by atoms with Crippen molar-refractivity contribution < 1.29 is 23.7 Å². The summed E-state index contributed by atoms with van der Waals surface area (Å²) in [5.74, 6) is 1.82. The molecule has 0 aromatic heterocycles. The van der Waals surface area contributed by atoms with E-state index < -0.39 is 5.91 Å². The van der Waals surface area contributed by atoms with Gasteiger partial charge in [-0.3, -0.25) is 10.2 Å². The van der Waals surface area contributed by atoms with Crippen molar-refractivity contribution in [2.24, 2.45) is 16.0 Å². The molecule has 0 atom stereocenters. The number of thioether (sulfide) groups is 1. The Bertz CT molecular complexity index is 1310. The number of hydrogen-bond acceptors (Lipinski definition) is 8. The molecule has 2 heterocycles. The summed E-state index contributed by atoms with van der Waals surface area (Å²) in [6, 6.07) is 10.7. The Balaban J connectivity index is 1.48. The zero-order valence-corrected chi connectivity index (χ0v) is 22.5. The van der Waals surface area contributed by atoms with Gasteiger partial charge in [-0.2, -0.15) is 15.1 Å². The number of methoxy groups -OCH3 is 2. The van der Waals surface area contributed by atoms with Gasteiger partial charge in [-0.1, -0.05) is 37.6 Å². The average molecular weight is 543 g/mol. The Morgan fingerprint density at radius 1 is 1.08 bits per heavy atom. The van der Waals surface area contributed by atoms with Crippen molar-refractivity contribution in [1.29, 1.82) is 5.41 Å². The predicted molar refractivity (Wildman–Crippen MR) is 146 cm³/mol. The van der Waals surface area contributed by atoms with E-state index in [1.54, 1.807) is 25.3 Å². The standard InChI is InChI=1S/C26H27ClN4O5S/c1-15(2)11-22-30-31-24(28)17(25(32)29-26(31)37-22)12-16-13-18(27)23(21(14-16)34-4)36-10-9-35-20-8-6-5-7-19(20)33-3/h5-8,12-15,28H,9-11H2,1-4H3/b17-12-,28-24?. The predicted octanol–water partition coefficient (Wildman–Crippen LogP) is 5.48. The number of ether oxygens (including phenoxy) is 4. The van der Waals surface area contributed by atoms with E-state index in [2.05, 4.69) is 23.9 Å². The van der Waals surface area contributed by atoms with Gasteiger partial charge >= 0.3 is 0 Å². The van der Waals surface area contributed by atoms with Crippen molar-refractivity contribution in [2.75, 3.05) is 27.4 Å². The zero-order chi connectivity index (χ0) is 26.5. The van der Waals surface area contributed by atoms with Crippen LogP contribution in [0.1, 0.15) is 25.8 Å². The van der Waals surface area contributed by atoms with Crippen LogP contribution < -0.4 is 18.9 Å². The molecule has 0 unspecified atom stereocenters. The fraction of sp³-hybridized carbons (Fsp3) is 0.308. The zero-order valence-electron chi connectivity index (χ0n) is 20.9. The third-order valence-corrected chi connectivity index (χ3v) is 6.51. The topological polar surface area (TPSA) is 106 Å². The minimum absolute atomic E-state index is 0.0369. The van der Waals surface area contributed by atoms with E-state index in [0.717, 1.165) is 11.5 Å². The van der Waals surface area contributed by atoms with Gasteiger partial charge < -0.3 is 18.9 Å². The van der Waals surface area contributed by atoms with Crippen molar-refractivity contribution in [1.82, 2.24) is 5.01 Å². The number of hydrazone groups is 1. The molecule has 37 heavy (non-hydrogen) atoms. The van der Waals surface area contributed by atoms with Crippen LogP contribution in [0, 0.1) is 11.3 Å². The van der Waals surface area contributed by atoms with E-state index in [9.17, 15) is 4.79 Å². The number of nitrogens with zero attached hydrogens (tertiary/aromatic N) is 3. The number of nitrogens with one attached hydrogen (secondary N) is 1. The molecule has 0 radical (unpaired) electrons. The van der Waals surface area contributed by atoms with Crippen molar-refractivity contribution in [3.63, 3.8) is 0 Å². The van der Waals surface area contributed by atoms with E-state index in [4.69, 9.17) is 36.0 Å². The summed E-state index contributed by atoms with van der Waals surface area (Å²) in [6.07, 6.45) is 2.30. The third-order valence-electron chi connectivity index (χ3n) is 5.30. The molecule has 0 aliphatic carbocycles. The largest absolute Gasteiger partial charge is 0.493 e. The Hall–Kier alpha value is -3.50. The van der Waals surface area contributed by atoms with Crippen LogP contribution in [0.4, 0.5) is 0 Å². The summed E-state index contributed by atoms with van der Waals surface area (Å²) < 4.78 is 22.3. The fourth-order valence-corrected chi connectivity index (χ4v) is 5.00. The molecule has 9 nitrogen and oxygen atoms in total. The fourth-order valence-electron chi connectivity index (χ4n) is 3.63. The van der Waals surface area contributed by atoms with Gasteiger partial charge in [-0.05, 0) is 53.6 Å². The molecule has 0 spiro atoms. The van der Waals surface area contributed by atoms with E-state index >= 15 is 0 Å². The Morgan fingerprint density at radius 3 is 2.49 bits per heavy atom. The molecular formula is C26H27ClN4O5S. The van der Waals surface area contributed by atoms with Crippen LogP contribution in [0.2, 0.25) is 5.02 Å². The molecule has 1 N–H and O–H groups in total. The van der Waals surface area contributed by atoms with Crippen LogP contribution in [0.5, 0.6) is 23.0 Å². The van der Waals surface area contributed by atoms with Crippen LogP contribution in [-0.4, -0.2) is 54.4 Å². The molecule has 4 rings (SSSR count). The van der Waals surface area contributed by atoms with Crippen molar-refractivity contribution >= 4 is 51.4 Å². The number of carbonyl (C=O) groups excluding carboxylic acids is 1. The average Bonchev–Trinajstić information content (AvgIpc) is 3.26. The van der Waals surface area contributed by atoms with Gasteiger partial charge in [0, 0.05) is 6.42 Å². The van der Waals surface area contributed by atoms with Crippen molar-refractivity contribution in [3.8, 4) is 23.0 Å². The van der Waals surface area contributed by atoms with E-state index in [1.165, 1.54) is 23.9 Å². The number of amides is 1. The first-order valence-electron chi connectivity index (χ1n) is 11.6. The maximum atomic E-state index is 12.7. The number of halogens is 1. The van der Waals surface area contributed by atoms with Crippen molar-refractivity contribution in [2.45, 2.75) is 20.3 Å². The van der Waals surface area contributed by atoms with Gasteiger partial charge in [0.25, 0.3) is 5.91 Å². The highest BCUT2D eigenvalue weighted by Gasteiger charge is 2.35. The summed E-state index contributed by atoms with van der Waals surface area (Å²) in [5.41, 5.74) is 0.667. The van der Waals surface area contributed by atoms with Gasteiger partial charge in [0.1, 0.15) is 18.3 Å². The van der Waals surface area contributed by atoms with Gasteiger partial charge in [0.05, 0.1) is 24.8 Å². The van der Waals surface area contributed by atoms with Crippen LogP contribution in [0.3, 0.4) is 0 Å². The Kier molecular flexibility index (Phi) is 8.40. The highest BCUT2D eigenvalue weighted by Crippen LogP contribution is 2.38. The third kappa shape index (κ3) is 6.08. The van der Waals surface area contributed by atoms with E-state index in [-0.39, 0.29) is 29.6 Å². The first kappa shape index (κ1) is 26.6. The molecule has 11 heteroatoms. The summed E-state index contributed by atoms with van der Waals surface area (Å²) in [6.45, 7) is 4.63. The normalized spacial score (nSPS) is 16.1. The molecule has 194 valence electrons. The first-order chi connectivity index (χ1) is 17.8. The number of aliphatic imine (C=N–C) groups is 1. The monoisotopic (exact) mass is 542 g/mol. The lowest BCUT2D eigenvalue weighted by molar-refractivity contribution is -0.114. The van der Waals surface area contributed by atoms with Gasteiger partial charge in [0.15, 0.2) is 28.8 Å². The molecular weight excluding hydrogens is 516 g/mol. The van der Waals surface area contributed by atoms with Crippen LogP contribution in [-0.2, 0) is 4.79 Å². The lowest BCUT2D eigenvalue weighted by atomic mass is 10.1. The van der Waals surface area contributed by atoms with Crippen LogP contribution >= 0.6 is 23.4 Å². The second-order valence-electron chi connectivity index (χ2n) is 8.49. The number of carbonyl (C=O) groups is 1. The van der Waals surface area contributed by atoms with Gasteiger partial charge in [0.2, 0.25) is 5.17 Å². The van der Waals surface area contributed by atoms with Gasteiger partial charge in [-0.15, -0.1) is 0 Å². The van der Waals surface area contributed by atoms with Crippen molar-refractivity contribution in [3.05, 3.63) is 52.6 Å². The first-order valence-corrected chi connectivity index (χ1v) is 12.8. The summed E-state index contributed by atoms with van der Waals surface area (Å²) >= 11 is 7.83. The molecule has 2 aromatic rings. The molecule has 0 saturated heterocycles. The number of amidine groups is 2. The highest BCUT2D eigenvalue weighted by atomic mass is 35.5. The molecule has 0 bridgehead atoms. The van der Waals surface area contributed by atoms with Gasteiger partial charge in [-0.25, -0.2) is 0 Å². The summed E-state index contributed by atoms with van der Waals surface area (Å²) in [5, 5.41) is 15.9. The molecule has 2 aromatic carbocycles. The SMILES string of the molecule is COc1ccccc1OCCOc1c(Cl)cc(/C=C2/C(=N)N3N=C(CC(C)C)SC3=NC2=O)cc1OC. The lowest BCUT2D eigenvalue weighted by Crippen LogP contribution is -2.35. The number of para-hydroxylation sites is 2. The van der Waals surface area contributed by atoms with E-state index in [1.807, 2.05) is 24.3 Å². The second-order valence-corrected chi connectivity index (χ2v) is 9.94. The summed E-state index contributed by atoms with van der Waals surface area (Å²) in [7, 11) is 3.08. The molecule has 2 aliphatic heterocycles. The maximum absolute atomic E-state index is 12.7. The molecule has 0 fully saturated rings. The second kappa shape index (κ2) is 11.7. The van der Waals surface area contributed by atoms with E-state index in [0.29, 0.717) is 39.6 Å². The quantitative estimate of drug-likeness (QED) is 0.313. The molecule has 2 aliphatic rings. The minimum atomic E-state index is -0.506. The lowest BCUT2D eigenvalue weighted by Gasteiger charge is -2.20. The number of rotatable bonds is 10. The minimum Gasteiger partial charge on any atom is -0.493 e. The number of benzene rings is 2. The Morgan fingerprint density at radius 2 is 1.78 bits per heavy atom. The smallest absolute Gasteiger partial charge is 0.283 e. The Labute approximate surface area is 224 Å². The highest BCUT2D eigenvalue weighted by molar-refractivity contribution is 8.26. The van der Waals surface area contributed by atoms with Crippen LogP contribution in [0.25, 0.3) is 6.08 Å². The molecule has 1 amide bonds. The number of fused-ring (bicyclic) bond motifs is 1. The number of hydrogen-bond donors (Lipinski definition) is 1.